The van der Waals surface area contributed by atoms with E-state index >= 15 is 0 Å². The van der Waals surface area contributed by atoms with Gasteiger partial charge in [0.05, 0.1) is 6.04 Å². The van der Waals surface area contributed by atoms with E-state index in [1.165, 1.54) is 0 Å². The van der Waals surface area contributed by atoms with Crippen molar-refractivity contribution in [3.8, 4) is 0 Å². The molecule has 0 aromatic carbocycles. The molecule has 3 heteroatoms. The van der Waals surface area contributed by atoms with Gasteiger partial charge >= 0.3 is 0 Å². The molecule has 2 N–H and O–H groups in total. The molecule has 0 aromatic heterocycles. The molecule has 56 valence electrons. The van der Waals surface area contributed by atoms with E-state index in [1.54, 1.807) is 11.8 Å². The standard InChI is InChI=1S/C7H11NOS/c8-6(5-9)4-7-2-1-3-10-7/h1,3,5-7H,2,4,8H2. The van der Waals surface area contributed by atoms with E-state index in [-0.39, 0.29) is 6.04 Å². The van der Waals surface area contributed by atoms with Gasteiger partial charge in [-0.1, -0.05) is 6.08 Å². The van der Waals surface area contributed by atoms with E-state index in [2.05, 4.69) is 11.5 Å². The van der Waals surface area contributed by atoms with Gasteiger partial charge in [0.2, 0.25) is 0 Å². The van der Waals surface area contributed by atoms with Crippen LogP contribution in [0.1, 0.15) is 12.8 Å². The van der Waals surface area contributed by atoms with E-state index in [0.29, 0.717) is 5.25 Å². The van der Waals surface area contributed by atoms with E-state index in [9.17, 15) is 4.79 Å². The van der Waals surface area contributed by atoms with E-state index < -0.39 is 0 Å². The van der Waals surface area contributed by atoms with Gasteiger partial charge in [-0.15, -0.1) is 11.8 Å². The zero-order valence-electron chi connectivity index (χ0n) is 5.69. The third-order valence-electron chi connectivity index (χ3n) is 1.48. The largest absolute Gasteiger partial charge is 0.322 e. The number of carbonyl (C=O) groups excluding carboxylic acids is 1. The molecule has 0 fully saturated rings. The highest BCUT2D eigenvalue weighted by atomic mass is 32.2. The van der Waals surface area contributed by atoms with Crippen molar-refractivity contribution in [3.05, 3.63) is 11.5 Å². The summed E-state index contributed by atoms with van der Waals surface area (Å²) in [7, 11) is 0. The summed E-state index contributed by atoms with van der Waals surface area (Å²) in [5.74, 6) is 0. The zero-order chi connectivity index (χ0) is 7.40. The van der Waals surface area contributed by atoms with Gasteiger partial charge in [0.15, 0.2) is 0 Å². The number of hydrogen-bond donors (Lipinski definition) is 1. The Hall–Kier alpha value is -0.280. The summed E-state index contributed by atoms with van der Waals surface area (Å²) in [4.78, 5) is 10.1. The molecule has 0 spiro atoms. The van der Waals surface area contributed by atoms with E-state index in [1.807, 2.05) is 0 Å². The van der Waals surface area contributed by atoms with Crippen molar-refractivity contribution in [2.24, 2.45) is 5.73 Å². The summed E-state index contributed by atoms with van der Waals surface area (Å²) < 4.78 is 0. The summed E-state index contributed by atoms with van der Waals surface area (Å²) in [5.41, 5.74) is 5.44. The molecule has 2 unspecified atom stereocenters. The van der Waals surface area contributed by atoms with Crippen LogP contribution in [0.4, 0.5) is 0 Å². The maximum absolute atomic E-state index is 10.1. The van der Waals surface area contributed by atoms with Gasteiger partial charge in [-0.3, -0.25) is 0 Å². The average Bonchev–Trinajstić information content (AvgIpc) is 2.40. The quantitative estimate of drug-likeness (QED) is 0.619. The van der Waals surface area contributed by atoms with Crippen molar-refractivity contribution in [1.82, 2.24) is 0 Å². The van der Waals surface area contributed by atoms with Crippen LogP contribution in [0.5, 0.6) is 0 Å². The summed E-state index contributed by atoms with van der Waals surface area (Å²) in [6.07, 6.45) is 4.80. The molecule has 1 aliphatic heterocycles. The van der Waals surface area contributed by atoms with Crippen LogP contribution < -0.4 is 5.73 Å². The van der Waals surface area contributed by atoms with Gasteiger partial charge in [-0.2, -0.15) is 0 Å². The first-order valence-electron chi connectivity index (χ1n) is 3.34. The first kappa shape index (κ1) is 7.82. The van der Waals surface area contributed by atoms with Crippen molar-refractivity contribution < 1.29 is 4.79 Å². The lowest BCUT2D eigenvalue weighted by molar-refractivity contribution is -0.109. The van der Waals surface area contributed by atoms with E-state index in [0.717, 1.165) is 19.1 Å². The third-order valence-corrected chi connectivity index (χ3v) is 2.60. The minimum Gasteiger partial charge on any atom is -0.322 e. The second-order valence-corrected chi connectivity index (χ2v) is 3.61. The normalized spacial score (nSPS) is 26.7. The fourth-order valence-electron chi connectivity index (χ4n) is 0.940. The summed E-state index contributed by atoms with van der Waals surface area (Å²) in [5, 5.41) is 2.61. The Balaban J connectivity index is 2.19. The minimum absolute atomic E-state index is 0.266. The van der Waals surface area contributed by atoms with Crippen LogP contribution in [-0.4, -0.2) is 17.6 Å². The first-order chi connectivity index (χ1) is 4.83. The Bertz CT molecular complexity index is 139. The highest BCUT2D eigenvalue weighted by molar-refractivity contribution is 8.03. The van der Waals surface area contributed by atoms with Gasteiger partial charge in [0, 0.05) is 5.25 Å². The average molecular weight is 157 g/mol. The Morgan fingerprint density at radius 1 is 1.90 bits per heavy atom. The molecule has 10 heavy (non-hydrogen) atoms. The van der Waals surface area contributed by atoms with Crippen LogP contribution in [0.2, 0.25) is 0 Å². The number of nitrogens with two attached hydrogens (primary N) is 1. The molecule has 1 aliphatic rings. The molecule has 2 nitrogen and oxygen atoms in total. The van der Waals surface area contributed by atoms with Crippen molar-refractivity contribution in [2.75, 3.05) is 0 Å². The molecule has 0 bridgehead atoms. The zero-order valence-corrected chi connectivity index (χ0v) is 6.51. The predicted octanol–water partition coefficient (Wildman–Crippen LogP) is 0.922. The summed E-state index contributed by atoms with van der Waals surface area (Å²) in [6, 6.07) is -0.266. The number of thioether (sulfide) groups is 1. The van der Waals surface area contributed by atoms with Crippen LogP contribution in [0.15, 0.2) is 11.5 Å². The van der Waals surface area contributed by atoms with Crippen LogP contribution in [-0.2, 0) is 4.79 Å². The molecule has 0 aliphatic carbocycles. The molecular weight excluding hydrogens is 146 g/mol. The van der Waals surface area contributed by atoms with Crippen molar-refractivity contribution >= 4 is 18.0 Å². The second-order valence-electron chi connectivity index (χ2n) is 2.40. The fraction of sp³-hybridized carbons (Fsp3) is 0.571. The van der Waals surface area contributed by atoms with Crippen LogP contribution in [0, 0.1) is 0 Å². The Morgan fingerprint density at radius 2 is 2.70 bits per heavy atom. The highest BCUT2D eigenvalue weighted by Gasteiger charge is 2.13. The van der Waals surface area contributed by atoms with Crippen LogP contribution >= 0.6 is 11.8 Å². The number of rotatable bonds is 3. The number of hydrogen-bond acceptors (Lipinski definition) is 3. The van der Waals surface area contributed by atoms with Gasteiger partial charge in [0.1, 0.15) is 6.29 Å². The fourth-order valence-corrected chi connectivity index (χ4v) is 1.94. The first-order valence-corrected chi connectivity index (χ1v) is 4.28. The second kappa shape index (κ2) is 3.78. The molecule has 0 aromatic rings. The molecule has 0 saturated heterocycles. The number of aldehydes is 1. The van der Waals surface area contributed by atoms with E-state index in [4.69, 9.17) is 5.73 Å². The molecule has 0 amide bonds. The van der Waals surface area contributed by atoms with Crippen molar-refractivity contribution in [1.29, 1.82) is 0 Å². The summed E-state index contributed by atoms with van der Waals surface area (Å²) in [6.45, 7) is 0. The maximum atomic E-state index is 10.1. The topological polar surface area (TPSA) is 43.1 Å². The smallest absolute Gasteiger partial charge is 0.136 e. The van der Waals surface area contributed by atoms with Crippen LogP contribution in [0.3, 0.4) is 0 Å². The third kappa shape index (κ3) is 2.15. The van der Waals surface area contributed by atoms with Crippen molar-refractivity contribution in [3.63, 3.8) is 0 Å². The molecular formula is C7H11NOS. The summed E-state index contributed by atoms with van der Waals surface area (Å²) >= 11 is 1.77. The Morgan fingerprint density at radius 3 is 3.20 bits per heavy atom. The SMILES string of the molecule is NC(C=O)CC1CC=CS1. The number of carbonyl (C=O) groups is 1. The molecule has 0 radical (unpaired) electrons. The minimum atomic E-state index is -0.266. The highest BCUT2D eigenvalue weighted by Crippen LogP contribution is 2.26. The van der Waals surface area contributed by atoms with Crippen LogP contribution in [0.25, 0.3) is 0 Å². The Kier molecular flexibility index (Phi) is 2.96. The van der Waals surface area contributed by atoms with Crippen molar-refractivity contribution in [2.45, 2.75) is 24.1 Å². The number of allylic oxidation sites excluding steroid dienone is 1. The monoisotopic (exact) mass is 157 g/mol. The van der Waals surface area contributed by atoms with Gasteiger partial charge in [-0.25, -0.2) is 0 Å². The molecule has 1 rings (SSSR count). The lowest BCUT2D eigenvalue weighted by atomic mass is 10.1. The predicted molar refractivity (Wildman–Crippen MR) is 43.8 cm³/mol. The molecule has 1 heterocycles. The van der Waals surface area contributed by atoms with Gasteiger partial charge in [0.25, 0.3) is 0 Å². The lowest BCUT2D eigenvalue weighted by Gasteiger charge is -2.09. The molecule has 0 saturated carbocycles. The maximum Gasteiger partial charge on any atom is 0.136 e. The van der Waals surface area contributed by atoms with Gasteiger partial charge in [-0.05, 0) is 18.2 Å². The van der Waals surface area contributed by atoms with Gasteiger partial charge < -0.3 is 10.5 Å². The lowest BCUT2D eigenvalue weighted by Crippen LogP contribution is -2.25. The Labute approximate surface area is 64.9 Å². The molecule has 2 atom stereocenters.